The van der Waals surface area contributed by atoms with Gasteiger partial charge in [0.1, 0.15) is 11.8 Å². The third kappa shape index (κ3) is 5.05. The van der Waals surface area contributed by atoms with E-state index in [0.717, 1.165) is 31.3 Å². The molecule has 0 radical (unpaired) electrons. The Morgan fingerprint density at radius 3 is 2.35 bits per heavy atom. The van der Waals surface area contributed by atoms with Gasteiger partial charge in [0.15, 0.2) is 4.91 Å². The zero-order valence-corrected chi connectivity index (χ0v) is 18.7. The highest BCUT2D eigenvalue weighted by molar-refractivity contribution is 7.97. The number of alkyl halides is 3. The van der Waals surface area contributed by atoms with Gasteiger partial charge >= 0.3 is 11.9 Å². The summed E-state index contributed by atoms with van der Waals surface area (Å²) < 4.78 is 67.5. The average molecular weight is 511 g/mol. The molecule has 1 aromatic heterocycles. The molecule has 0 unspecified atom stereocenters. The van der Waals surface area contributed by atoms with Crippen LogP contribution in [-0.2, 0) is 23.2 Å². The maximum atomic E-state index is 13.1. The van der Waals surface area contributed by atoms with Crippen LogP contribution in [0.15, 0.2) is 69.1 Å². The molecule has 3 rings (SSSR count). The van der Waals surface area contributed by atoms with E-state index in [0.29, 0.717) is 10.1 Å². The van der Waals surface area contributed by atoms with E-state index < -0.39 is 38.0 Å². The molecule has 34 heavy (non-hydrogen) atoms. The minimum atomic E-state index is -4.94. The Labute approximate surface area is 195 Å². The summed E-state index contributed by atoms with van der Waals surface area (Å²) in [5.74, 6) is 0. The number of rotatable bonds is 5. The zero-order valence-electron chi connectivity index (χ0n) is 17.2. The van der Waals surface area contributed by atoms with Gasteiger partial charge in [-0.25, -0.2) is 17.8 Å². The van der Waals surface area contributed by atoms with Gasteiger partial charge in [0, 0.05) is 13.1 Å². The fourth-order valence-electron chi connectivity index (χ4n) is 2.94. The van der Waals surface area contributed by atoms with Crippen LogP contribution in [0.4, 0.5) is 18.9 Å². The minimum Gasteiger partial charge on any atom is -0.292 e. The van der Waals surface area contributed by atoms with Crippen molar-refractivity contribution >= 4 is 33.4 Å². The number of allylic oxidation sites excluding steroid dienone is 1. The van der Waals surface area contributed by atoms with Gasteiger partial charge in [0.05, 0.1) is 16.4 Å². The van der Waals surface area contributed by atoms with E-state index in [1.807, 2.05) is 0 Å². The topological polar surface area (TPSA) is 114 Å². The summed E-state index contributed by atoms with van der Waals surface area (Å²) in [5, 5.41) is 9.19. The number of halogens is 4. The van der Waals surface area contributed by atoms with Gasteiger partial charge in [-0.1, -0.05) is 41.9 Å². The van der Waals surface area contributed by atoms with E-state index in [9.17, 15) is 36.4 Å². The van der Waals surface area contributed by atoms with Crippen LogP contribution < -0.4 is 16.0 Å². The number of aromatic nitrogens is 2. The van der Waals surface area contributed by atoms with Crippen molar-refractivity contribution < 1.29 is 21.6 Å². The van der Waals surface area contributed by atoms with Crippen LogP contribution in [0.5, 0.6) is 0 Å². The third-order valence-electron chi connectivity index (χ3n) is 4.56. The van der Waals surface area contributed by atoms with Crippen molar-refractivity contribution in [3.8, 4) is 11.8 Å². The lowest BCUT2D eigenvalue weighted by molar-refractivity contribution is -0.144. The maximum Gasteiger partial charge on any atom is 0.431 e. The predicted molar refractivity (Wildman–Crippen MR) is 120 cm³/mol. The molecule has 0 bridgehead atoms. The largest absolute Gasteiger partial charge is 0.431 e. The highest BCUT2D eigenvalue weighted by atomic mass is 35.5. The molecule has 0 spiro atoms. The fourth-order valence-corrected chi connectivity index (χ4v) is 4.14. The van der Waals surface area contributed by atoms with Gasteiger partial charge < -0.3 is 0 Å². The molecule has 0 amide bonds. The Hall–Kier alpha value is -3.82. The van der Waals surface area contributed by atoms with Gasteiger partial charge in [-0.3, -0.25) is 14.1 Å². The first-order valence-electron chi connectivity index (χ1n) is 9.25. The average Bonchev–Trinajstić information content (AvgIpc) is 2.76. The van der Waals surface area contributed by atoms with Crippen molar-refractivity contribution in [1.82, 2.24) is 9.13 Å². The summed E-state index contributed by atoms with van der Waals surface area (Å²) in [6.07, 6.45) is -3.82. The van der Waals surface area contributed by atoms with Gasteiger partial charge in [0.2, 0.25) is 0 Å². The normalized spacial score (nSPS) is 12.3. The summed E-state index contributed by atoms with van der Waals surface area (Å²) in [6.45, 7) is 0. The lowest BCUT2D eigenvalue weighted by Crippen LogP contribution is -2.40. The molecule has 176 valence electrons. The molecule has 0 atom stereocenters. The molecule has 0 saturated heterocycles. The molecule has 1 N–H and O–H groups in total. The quantitative estimate of drug-likeness (QED) is 0.528. The molecule has 2 aromatic carbocycles. The number of nitrogens with zero attached hydrogens (tertiary/aromatic N) is 3. The maximum absolute atomic E-state index is 13.1. The SMILES string of the molecule is Cn1c(C(F)(F)F)cc(=O)n(-c2ccc(Cl)c(NS(=O)(=O)/C(C#N)=C/c3ccccc3)c2)c1=O. The minimum absolute atomic E-state index is 0.152. The van der Waals surface area contributed by atoms with E-state index in [2.05, 4.69) is 4.72 Å². The van der Waals surface area contributed by atoms with Gasteiger partial charge in [0.25, 0.3) is 15.6 Å². The lowest BCUT2D eigenvalue weighted by Gasteiger charge is -2.15. The van der Waals surface area contributed by atoms with Gasteiger partial charge in [-0.05, 0) is 29.8 Å². The Morgan fingerprint density at radius 2 is 1.76 bits per heavy atom. The first-order chi connectivity index (χ1) is 15.8. The summed E-state index contributed by atoms with van der Waals surface area (Å²) >= 11 is 6.04. The molecule has 0 aliphatic rings. The van der Waals surface area contributed by atoms with E-state index in [1.165, 1.54) is 0 Å². The van der Waals surface area contributed by atoms with E-state index in [-0.39, 0.29) is 27.0 Å². The second-order valence-electron chi connectivity index (χ2n) is 6.84. The van der Waals surface area contributed by atoms with Crippen LogP contribution in [0.25, 0.3) is 11.8 Å². The van der Waals surface area contributed by atoms with Crippen molar-refractivity contribution in [1.29, 1.82) is 5.26 Å². The molecule has 0 saturated carbocycles. The fraction of sp³-hybridized carbons (Fsp3) is 0.0952. The summed E-state index contributed by atoms with van der Waals surface area (Å²) in [4.78, 5) is 24.2. The number of anilines is 1. The summed E-state index contributed by atoms with van der Waals surface area (Å²) in [7, 11) is -3.61. The monoisotopic (exact) mass is 510 g/mol. The number of benzene rings is 2. The van der Waals surface area contributed by atoms with Crippen LogP contribution in [0.3, 0.4) is 0 Å². The molecule has 13 heteroatoms. The molecule has 3 aromatic rings. The van der Waals surface area contributed by atoms with Crippen LogP contribution in [0.1, 0.15) is 11.3 Å². The Bertz CT molecular complexity index is 1550. The standard InChI is InChI=1S/C21H14ClF3N4O4S/c1-28-18(21(23,24)25)11-19(30)29(20(28)31)14-7-8-16(22)17(10-14)27-34(32,33)15(12-26)9-13-5-3-2-4-6-13/h2-11,27H,1H3/b15-9+. The van der Waals surface area contributed by atoms with Crippen molar-refractivity contribution in [3.63, 3.8) is 0 Å². The van der Waals surface area contributed by atoms with E-state index in [1.54, 1.807) is 36.4 Å². The molecule has 1 heterocycles. The molecular formula is C21H14ClF3N4O4S. The second kappa shape index (κ2) is 9.20. The van der Waals surface area contributed by atoms with Gasteiger partial charge in [-0.15, -0.1) is 0 Å². The van der Waals surface area contributed by atoms with Crippen LogP contribution in [-0.4, -0.2) is 17.6 Å². The van der Waals surface area contributed by atoms with E-state index in [4.69, 9.17) is 11.6 Å². The van der Waals surface area contributed by atoms with Crippen LogP contribution >= 0.6 is 11.6 Å². The molecule has 0 fully saturated rings. The van der Waals surface area contributed by atoms with Crippen molar-refractivity contribution in [2.45, 2.75) is 6.18 Å². The summed E-state index contributed by atoms with van der Waals surface area (Å²) in [5.41, 5.74) is -4.15. The Morgan fingerprint density at radius 1 is 1.12 bits per heavy atom. The zero-order chi connectivity index (χ0) is 25.3. The van der Waals surface area contributed by atoms with Crippen molar-refractivity contribution in [2.24, 2.45) is 7.05 Å². The highest BCUT2D eigenvalue weighted by Crippen LogP contribution is 2.28. The van der Waals surface area contributed by atoms with Gasteiger partial charge in [-0.2, -0.15) is 18.4 Å². The number of sulfonamides is 1. The number of nitrogens with one attached hydrogen (secondary N) is 1. The number of nitriles is 1. The smallest absolute Gasteiger partial charge is 0.292 e. The van der Waals surface area contributed by atoms with Crippen molar-refractivity contribution in [2.75, 3.05) is 4.72 Å². The number of hydrogen-bond donors (Lipinski definition) is 1. The predicted octanol–water partition coefficient (Wildman–Crippen LogP) is 3.51. The molecular weight excluding hydrogens is 497 g/mol. The third-order valence-corrected chi connectivity index (χ3v) is 6.17. The Balaban J connectivity index is 2.09. The van der Waals surface area contributed by atoms with Crippen LogP contribution in [0, 0.1) is 11.3 Å². The van der Waals surface area contributed by atoms with E-state index >= 15 is 0 Å². The molecule has 0 aliphatic carbocycles. The Kier molecular flexibility index (Phi) is 6.72. The lowest BCUT2D eigenvalue weighted by atomic mass is 10.2. The first-order valence-corrected chi connectivity index (χ1v) is 11.1. The second-order valence-corrected chi connectivity index (χ2v) is 8.90. The first kappa shape index (κ1) is 24.8. The number of hydrogen-bond acceptors (Lipinski definition) is 5. The highest BCUT2D eigenvalue weighted by Gasteiger charge is 2.35. The summed E-state index contributed by atoms with van der Waals surface area (Å²) in [6, 6.07) is 13.3. The molecule has 0 aliphatic heterocycles. The van der Waals surface area contributed by atoms with Crippen LogP contribution in [0.2, 0.25) is 5.02 Å². The van der Waals surface area contributed by atoms with Crippen molar-refractivity contribution in [3.05, 3.63) is 96.6 Å². The molecule has 8 nitrogen and oxygen atoms in total.